The molecule has 2 aliphatic rings. The van der Waals surface area contributed by atoms with Crippen LogP contribution >= 0.6 is 11.3 Å². The number of anilines is 1. The van der Waals surface area contributed by atoms with E-state index in [-0.39, 0.29) is 0 Å². The van der Waals surface area contributed by atoms with Crippen molar-refractivity contribution in [2.24, 2.45) is 16.2 Å². The second kappa shape index (κ2) is 4.51. The highest BCUT2D eigenvalue weighted by molar-refractivity contribution is 7.22. The van der Waals surface area contributed by atoms with E-state index in [1.54, 1.807) is 0 Å². The Balaban J connectivity index is 1.74. The molecule has 2 atom stereocenters. The van der Waals surface area contributed by atoms with Gasteiger partial charge in [0.25, 0.3) is 0 Å². The minimum atomic E-state index is -1.28. The van der Waals surface area contributed by atoms with E-state index in [1.165, 1.54) is 11.3 Å². The average Bonchev–Trinajstić information content (AvgIpc) is 3.06. The van der Waals surface area contributed by atoms with E-state index in [2.05, 4.69) is 10.3 Å². The van der Waals surface area contributed by atoms with Crippen molar-refractivity contribution in [2.75, 3.05) is 5.32 Å². The smallest absolute Gasteiger partial charge is 0.240 e. The summed E-state index contributed by atoms with van der Waals surface area (Å²) in [6.45, 7) is 5.54. The molecule has 0 spiro atoms. The Labute approximate surface area is 143 Å². The molecule has 2 aromatic rings. The predicted octanol–water partition coefficient (Wildman–Crippen LogP) is 3.20. The van der Waals surface area contributed by atoms with Gasteiger partial charge in [0, 0.05) is 5.41 Å². The van der Waals surface area contributed by atoms with Gasteiger partial charge in [0.2, 0.25) is 17.5 Å². The van der Waals surface area contributed by atoms with Crippen LogP contribution in [0.15, 0.2) is 24.3 Å². The highest BCUT2D eigenvalue weighted by atomic mass is 32.1. The molecule has 2 bridgehead atoms. The second-order valence-electron chi connectivity index (χ2n) is 7.46. The first kappa shape index (κ1) is 15.4. The fourth-order valence-electron chi connectivity index (χ4n) is 4.40. The maximum atomic E-state index is 13.1. The van der Waals surface area contributed by atoms with E-state index in [9.17, 15) is 14.4 Å². The number of nitrogens with one attached hydrogen (secondary N) is 1. The Morgan fingerprint density at radius 1 is 1.12 bits per heavy atom. The molecule has 24 heavy (non-hydrogen) atoms. The number of nitrogens with zero attached hydrogens (tertiary/aromatic N) is 1. The maximum absolute atomic E-state index is 13.1. The Bertz CT molecular complexity index is 883. The molecule has 6 heteroatoms. The van der Waals surface area contributed by atoms with Crippen molar-refractivity contribution in [2.45, 2.75) is 33.6 Å². The number of hydrogen-bond donors (Lipinski definition) is 1. The Kier molecular flexibility index (Phi) is 2.90. The van der Waals surface area contributed by atoms with Gasteiger partial charge in [-0.3, -0.25) is 14.4 Å². The van der Waals surface area contributed by atoms with Gasteiger partial charge in [-0.15, -0.1) is 0 Å². The van der Waals surface area contributed by atoms with Crippen LogP contribution in [0.5, 0.6) is 0 Å². The Morgan fingerprint density at radius 2 is 1.83 bits per heavy atom. The lowest BCUT2D eigenvalue weighted by atomic mass is 9.64. The number of carbonyl (C=O) groups is 3. The molecule has 0 radical (unpaired) electrons. The van der Waals surface area contributed by atoms with Gasteiger partial charge in [-0.05, 0) is 30.4 Å². The van der Waals surface area contributed by atoms with E-state index in [4.69, 9.17) is 0 Å². The van der Waals surface area contributed by atoms with Crippen molar-refractivity contribution in [3.63, 3.8) is 0 Å². The average molecular weight is 342 g/mol. The van der Waals surface area contributed by atoms with E-state index in [0.717, 1.165) is 10.2 Å². The van der Waals surface area contributed by atoms with Gasteiger partial charge in [-0.25, -0.2) is 4.98 Å². The number of para-hydroxylation sites is 1. The fraction of sp³-hybridized carbons (Fsp3) is 0.444. The van der Waals surface area contributed by atoms with E-state index in [1.807, 2.05) is 45.0 Å². The summed E-state index contributed by atoms with van der Waals surface area (Å²) >= 11 is 1.37. The van der Waals surface area contributed by atoms with Crippen LogP contribution in [0, 0.1) is 16.2 Å². The van der Waals surface area contributed by atoms with Gasteiger partial charge in [0.05, 0.1) is 10.2 Å². The van der Waals surface area contributed by atoms with Gasteiger partial charge in [0.1, 0.15) is 5.41 Å². The first-order chi connectivity index (χ1) is 11.2. The second-order valence-corrected chi connectivity index (χ2v) is 8.49. The number of benzene rings is 1. The first-order valence-electron chi connectivity index (χ1n) is 8.00. The summed E-state index contributed by atoms with van der Waals surface area (Å²) in [7, 11) is 0. The summed E-state index contributed by atoms with van der Waals surface area (Å²) in [6.07, 6.45) is 0.982. The number of rotatable bonds is 2. The zero-order valence-electron chi connectivity index (χ0n) is 13.8. The largest absolute Gasteiger partial charge is 0.301 e. The number of ketones is 2. The number of carbonyl (C=O) groups excluding carboxylic acids is 3. The number of thiazole rings is 1. The predicted molar refractivity (Wildman–Crippen MR) is 91.8 cm³/mol. The van der Waals surface area contributed by atoms with Crippen molar-refractivity contribution in [1.29, 1.82) is 0 Å². The lowest BCUT2D eigenvalue weighted by Gasteiger charge is -2.36. The van der Waals surface area contributed by atoms with Crippen molar-refractivity contribution >= 4 is 44.2 Å². The molecule has 1 aromatic carbocycles. The van der Waals surface area contributed by atoms with E-state index >= 15 is 0 Å². The molecular formula is C18H18N2O3S. The molecule has 0 aliphatic heterocycles. The molecule has 1 N–H and O–H groups in total. The van der Waals surface area contributed by atoms with Crippen LogP contribution in [0.4, 0.5) is 5.13 Å². The molecule has 2 fully saturated rings. The van der Waals surface area contributed by atoms with Crippen LogP contribution in [0.25, 0.3) is 10.2 Å². The summed E-state index contributed by atoms with van der Waals surface area (Å²) in [5.41, 5.74) is -1.93. The van der Waals surface area contributed by atoms with E-state index < -0.39 is 33.7 Å². The Morgan fingerprint density at radius 3 is 2.46 bits per heavy atom. The number of amides is 1. The third-order valence-corrected chi connectivity index (χ3v) is 7.40. The standard InChI is InChI=1S/C18H18N2O3S/c1-16(2)17(3)8-9-18(16,13(22)12(17)21)14(23)20-15-19-10-6-4-5-7-11(10)24-15/h4-7H,8-9H2,1-3H3,(H,19,20,23)/t17-,18-/m0/s1. The van der Waals surface area contributed by atoms with Crippen LogP contribution in [-0.2, 0) is 14.4 Å². The summed E-state index contributed by atoms with van der Waals surface area (Å²) in [5.74, 6) is -1.34. The third kappa shape index (κ3) is 1.55. The minimum absolute atomic E-state index is 0.397. The molecule has 1 heterocycles. The SMILES string of the molecule is CC1(C)[C@@]2(C(=O)Nc3nc4ccccc4s3)CC[C@@]1(C)C(=O)C2=O. The summed E-state index contributed by atoms with van der Waals surface area (Å²) in [6, 6.07) is 7.61. The molecule has 1 amide bonds. The lowest BCUT2D eigenvalue weighted by molar-refractivity contribution is -0.147. The molecule has 2 saturated carbocycles. The zero-order valence-corrected chi connectivity index (χ0v) is 14.6. The van der Waals surface area contributed by atoms with Crippen LogP contribution in [0.2, 0.25) is 0 Å². The quantitative estimate of drug-likeness (QED) is 0.672. The molecule has 1 aromatic heterocycles. The zero-order chi connectivity index (χ0) is 17.3. The molecule has 5 nitrogen and oxygen atoms in total. The number of Topliss-reactive ketones (excluding diaryl/α,β-unsaturated/α-hetero) is 2. The van der Waals surface area contributed by atoms with Gasteiger partial charge < -0.3 is 5.32 Å². The van der Waals surface area contributed by atoms with Crippen LogP contribution < -0.4 is 5.32 Å². The van der Waals surface area contributed by atoms with E-state index in [0.29, 0.717) is 18.0 Å². The summed E-state index contributed by atoms with van der Waals surface area (Å²) < 4.78 is 0.967. The minimum Gasteiger partial charge on any atom is -0.301 e. The normalized spacial score (nSPS) is 31.0. The first-order valence-corrected chi connectivity index (χ1v) is 8.82. The highest BCUT2D eigenvalue weighted by Gasteiger charge is 2.77. The van der Waals surface area contributed by atoms with Crippen LogP contribution in [0.3, 0.4) is 0 Å². The fourth-order valence-corrected chi connectivity index (χ4v) is 5.26. The Hall–Kier alpha value is -2.08. The maximum Gasteiger partial charge on any atom is 0.240 e. The van der Waals surface area contributed by atoms with Gasteiger partial charge in [0.15, 0.2) is 5.13 Å². The lowest BCUT2D eigenvalue weighted by Crippen LogP contribution is -2.47. The molecule has 124 valence electrons. The van der Waals surface area contributed by atoms with Gasteiger partial charge in [-0.1, -0.05) is 44.2 Å². The molecule has 2 aliphatic carbocycles. The number of aromatic nitrogens is 1. The number of hydrogen-bond acceptors (Lipinski definition) is 5. The van der Waals surface area contributed by atoms with Crippen molar-refractivity contribution < 1.29 is 14.4 Å². The van der Waals surface area contributed by atoms with Crippen molar-refractivity contribution in [3.8, 4) is 0 Å². The monoisotopic (exact) mass is 342 g/mol. The highest BCUT2D eigenvalue weighted by Crippen LogP contribution is 2.69. The van der Waals surface area contributed by atoms with Gasteiger partial charge in [-0.2, -0.15) is 0 Å². The van der Waals surface area contributed by atoms with Crippen molar-refractivity contribution in [1.82, 2.24) is 4.98 Å². The van der Waals surface area contributed by atoms with Crippen LogP contribution in [0.1, 0.15) is 33.6 Å². The molecular weight excluding hydrogens is 324 g/mol. The summed E-state index contributed by atoms with van der Waals surface area (Å²) in [5, 5.41) is 3.28. The molecule has 4 rings (SSSR count). The molecule has 0 saturated heterocycles. The van der Waals surface area contributed by atoms with Gasteiger partial charge >= 0.3 is 0 Å². The van der Waals surface area contributed by atoms with Crippen molar-refractivity contribution in [3.05, 3.63) is 24.3 Å². The van der Waals surface area contributed by atoms with Crippen LogP contribution in [-0.4, -0.2) is 22.5 Å². The summed E-state index contributed by atoms with van der Waals surface area (Å²) in [4.78, 5) is 42.6. The molecule has 0 unspecified atom stereocenters. The number of fused-ring (bicyclic) bond motifs is 3. The topological polar surface area (TPSA) is 76.1 Å². The third-order valence-electron chi connectivity index (χ3n) is 6.44.